The standard InChI is InChI=1S/C26H37N5O7S/c1-4-14(2)22(31-24(35)19(12-21(32)33)29-23(34)17(27)9-10-39-3)25(36)30-20(26(37)38)11-15-13-28-18-8-6-5-7-16(15)18/h5-8,13-14,17,19-20,22,28H,4,9-12,27H2,1-3H3,(H,29,34)(H,30,36)(H,31,35)(H,32,33)(H,37,38). The Morgan fingerprint density at radius 1 is 1.00 bits per heavy atom. The van der Waals surface area contributed by atoms with E-state index >= 15 is 0 Å². The number of benzene rings is 1. The topological polar surface area (TPSA) is 204 Å². The zero-order valence-electron chi connectivity index (χ0n) is 22.2. The molecule has 2 aromatic rings. The van der Waals surface area contributed by atoms with Crippen LogP contribution in [0.25, 0.3) is 10.9 Å². The van der Waals surface area contributed by atoms with Crippen LogP contribution in [0.1, 0.15) is 38.7 Å². The number of carboxylic acid groups (broad SMARTS) is 2. The lowest BCUT2D eigenvalue weighted by Crippen LogP contribution is -2.59. The van der Waals surface area contributed by atoms with Crippen LogP contribution in [0.2, 0.25) is 0 Å². The van der Waals surface area contributed by atoms with Crippen molar-refractivity contribution in [3.05, 3.63) is 36.0 Å². The summed E-state index contributed by atoms with van der Waals surface area (Å²) >= 11 is 1.49. The van der Waals surface area contributed by atoms with Gasteiger partial charge in [0.2, 0.25) is 17.7 Å². The van der Waals surface area contributed by atoms with E-state index in [1.54, 1.807) is 20.0 Å². The third-order valence-corrected chi connectivity index (χ3v) is 7.13. The number of carboxylic acids is 2. The van der Waals surface area contributed by atoms with Crippen LogP contribution in [-0.4, -0.2) is 81.0 Å². The maximum Gasteiger partial charge on any atom is 0.326 e. The number of rotatable bonds is 16. The lowest BCUT2D eigenvalue weighted by atomic mass is 9.96. The fourth-order valence-electron chi connectivity index (χ4n) is 3.98. The Morgan fingerprint density at radius 2 is 1.67 bits per heavy atom. The molecular weight excluding hydrogens is 526 g/mol. The lowest BCUT2D eigenvalue weighted by Gasteiger charge is -2.27. The van der Waals surface area contributed by atoms with Crippen LogP contribution in [0.15, 0.2) is 30.5 Å². The molecule has 1 aromatic carbocycles. The summed E-state index contributed by atoms with van der Waals surface area (Å²) in [5.74, 6) is -4.71. The van der Waals surface area contributed by atoms with E-state index in [-0.39, 0.29) is 6.42 Å². The van der Waals surface area contributed by atoms with Gasteiger partial charge in [-0.1, -0.05) is 38.5 Å². The Bertz CT molecular complexity index is 1170. The number of para-hydroxylation sites is 1. The second-order valence-corrected chi connectivity index (χ2v) is 10.4. The van der Waals surface area contributed by atoms with Crippen molar-refractivity contribution in [3.63, 3.8) is 0 Å². The third-order valence-electron chi connectivity index (χ3n) is 6.49. The van der Waals surface area contributed by atoms with Gasteiger partial charge in [0.1, 0.15) is 18.1 Å². The number of nitrogens with one attached hydrogen (secondary N) is 4. The first-order valence-electron chi connectivity index (χ1n) is 12.6. The molecule has 5 atom stereocenters. The Hall–Kier alpha value is -3.58. The first-order chi connectivity index (χ1) is 18.5. The van der Waals surface area contributed by atoms with E-state index in [4.69, 9.17) is 5.73 Å². The van der Waals surface area contributed by atoms with Crippen molar-refractivity contribution >= 4 is 52.3 Å². The molecule has 0 spiro atoms. The van der Waals surface area contributed by atoms with Gasteiger partial charge >= 0.3 is 11.9 Å². The highest BCUT2D eigenvalue weighted by Crippen LogP contribution is 2.19. The molecule has 8 N–H and O–H groups in total. The largest absolute Gasteiger partial charge is 0.481 e. The molecule has 13 heteroatoms. The summed E-state index contributed by atoms with van der Waals surface area (Å²) in [5, 5.41) is 27.3. The molecule has 0 bridgehead atoms. The van der Waals surface area contributed by atoms with Crippen molar-refractivity contribution in [2.45, 2.75) is 63.7 Å². The molecule has 0 saturated carbocycles. The van der Waals surface area contributed by atoms with Gasteiger partial charge in [0.25, 0.3) is 0 Å². The molecule has 1 aromatic heterocycles. The Kier molecular flexibility index (Phi) is 12.3. The quantitative estimate of drug-likeness (QED) is 0.154. The van der Waals surface area contributed by atoms with Gasteiger partial charge in [-0.25, -0.2) is 4.79 Å². The maximum absolute atomic E-state index is 13.3. The molecule has 0 radical (unpaired) electrons. The van der Waals surface area contributed by atoms with Gasteiger partial charge in [-0.05, 0) is 36.0 Å². The number of aliphatic carboxylic acids is 2. The molecular formula is C26H37N5O7S. The van der Waals surface area contributed by atoms with Crippen LogP contribution in [0.3, 0.4) is 0 Å². The van der Waals surface area contributed by atoms with E-state index in [1.807, 2.05) is 30.5 Å². The number of hydrogen-bond acceptors (Lipinski definition) is 7. The van der Waals surface area contributed by atoms with E-state index in [0.717, 1.165) is 10.9 Å². The third kappa shape index (κ3) is 9.29. The van der Waals surface area contributed by atoms with Crippen molar-refractivity contribution in [2.24, 2.45) is 11.7 Å². The lowest BCUT2D eigenvalue weighted by molar-refractivity contribution is -0.143. The summed E-state index contributed by atoms with van der Waals surface area (Å²) in [6.45, 7) is 3.49. The molecule has 0 aliphatic carbocycles. The zero-order valence-corrected chi connectivity index (χ0v) is 23.0. The van der Waals surface area contributed by atoms with Gasteiger partial charge in [0.15, 0.2) is 0 Å². The van der Waals surface area contributed by atoms with E-state index < -0.39 is 66.2 Å². The van der Waals surface area contributed by atoms with Crippen molar-refractivity contribution in [1.82, 2.24) is 20.9 Å². The minimum atomic E-state index is -1.48. The van der Waals surface area contributed by atoms with Crippen LogP contribution in [0, 0.1) is 5.92 Å². The normalized spacial score (nSPS) is 15.0. The molecule has 2 rings (SSSR count). The number of amides is 3. The van der Waals surface area contributed by atoms with Gasteiger partial charge < -0.3 is 36.9 Å². The summed E-state index contributed by atoms with van der Waals surface area (Å²) in [7, 11) is 0. The van der Waals surface area contributed by atoms with E-state index in [0.29, 0.717) is 24.2 Å². The Labute approximate surface area is 230 Å². The monoisotopic (exact) mass is 563 g/mol. The van der Waals surface area contributed by atoms with Crippen molar-refractivity contribution in [2.75, 3.05) is 12.0 Å². The van der Waals surface area contributed by atoms with Crippen LogP contribution >= 0.6 is 11.8 Å². The van der Waals surface area contributed by atoms with Crippen molar-refractivity contribution in [1.29, 1.82) is 0 Å². The number of thioether (sulfide) groups is 1. The number of carbonyl (C=O) groups excluding carboxylic acids is 3. The first-order valence-corrected chi connectivity index (χ1v) is 14.0. The highest BCUT2D eigenvalue weighted by molar-refractivity contribution is 7.98. The predicted molar refractivity (Wildman–Crippen MR) is 148 cm³/mol. The van der Waals surface area contributed by atoms with Crippen molar-refractivity contribution in [3.8, 4) is 0 Å². The van der Waals surface area contributed by atoms with Crippen molar-refractivity contribution < 1.29 is 34.2 Å². The van der Waals surface area contributed by atoms with Gasteiger partial charge in [-0.2, -0.15) is 11.8 Å². The van der Waals surface area contributed by atoms with Crippen LogP contribution < -0.4 is 21.7 Å². The zero-order chi connectivity index (χ0) is 29.1. The molecule has 0 fully saturated rings. The maximum atomic E-state index is 13.3. The minimum Gasteiger partial charge on any atom is -0.481 e. The molecule has 1 heterocycles. The predicted octanol–water partition coefficient (Wildman–Crippen LogP) is 0.851. The van der Waals surface area contributed by atoms with Crippen LogP contribution in [0.5, 0.6) is 0 Å². The molecule has 0 aliphatic rings. The average molecular weight is 564 g/mol. The summed E-state index contributed by atoms with van der Waals surface area (Å²) in [4.78, 5) is 65.3. The summed E-state index contributed by atoms with van der Waals surface area (Å²) in [6.07, 6.45) is 3.59. The van der Waals surface area contributed by atoms with E-state index in [2.05, 4.69) is 20.9 Å². The van der Waals surface area contributed by atoms with Gasteiger partial charge in [0.05, 0.1) is 12.5 Å². The number of fused-ring (bicyclic) bond motifs is 1. The fourth-order valence-corrected chi connectivity index (χ4v) is 4.47. The first kappa shape index (κ1) is 31.6. The molecule has 0 saturated heterocycles. The highest BCUT2D eigenvalue weighted by atomic mass is 32.2. The van der Waals surface area contributed by atoms with E-state index in [1.165, 1.54) is 11.8 Å². The van der Waals surface area contributed by atoms with Crippen LogP contribution in [0.4, 0.5) is 0 Å². The second-order valence-electron chi connectivity index (χ2n) is 9.38. The molecule has 5 unspecified atom stereocenters. The van der Waals surface area contributed by atoms with Gasteiger partial charge in [-0.15, -0.1) is 0 Å². The molecule has 0 aliphatic heterocycles. The number of hydrogen-bond donors (Lipinski definition) is 7. The summed E-state index contributed by atoms with van der Waals surface area (Å²) in [5.41, 5.74) is 7.37. The number of aromatic amines is 1. The smallest absolute Gasteiger partial charge is 0.326 e. The molecule has 39 heavy (non-hydrogen) atoms. The van der Waals surface area contributed by atoms with E-state index in [9.17, 15) is 34.2 Å². The number of aromatic nitrogens is 1. The number of H-pyrrole nitrogens is 1. The average Bonchev–Trinajstić information content (AvgIpc) is 3.31. The minimum absolute atomic E-state index is 0.00209. The highest BCUT2D eigenvalue weighted by Gasteiger charge is 2.33. The molecule has 3 amide bonds. The Balaban J connectivity index is 2.18. The summed E-state index contributed by atoms with van der Waals surface area (Å²) in [6, 6.07) is 2.49. The van der Waals surface area contributed by atoms with Crippen LogP contribution in [-0.2, 0) is 30.4 Å². The fraction of sp³-hybridized carbons (Fsp3) is 0.500. The SMILES string of the molecule is CCC(C)C(NC(=O)C(CC(=O)O)NC(=O)C(N)CCSC)C(=O)NC(Cc1c[nH]c2ccccc12)C(=O)O. The Morgan fingerprint density at radius 3 is 2.28 bits per heavy atom. The summed E-state index contributed by atoms with van der Waals surface area (Å²) < 4.78 is 0. The molecule has 214 valence electrons. The van der Waals surface area contributed by atoms with Gasteiger partial charge in [0, 0.05) is 23.5 Å². The molecule has 12 nitrogen and oxygen atoms in total. The second kappa shape index (κ2) is 15.1. The number of carbonyl (C=O) groups is 5. The number of nitrogens with two attached hydrogens (primary N) is 1. The van der Waals surface area contributed by atoms with Gasteiger partial charge in [-0.3, -0.25) is 19.2 Å².